The number of aromatic amines is 1. The van der Waals surface area contributed by atoms with E-state index in [-0.39, 0.29) is 6.04 Å². The molecule has 0 amide bonds. The highest BCUT2D eigenvalue weighted by molar-refractivity contribution is 5.32. The van der Waals surface area contributed by atoms with Crippen LogP contribution < -0.4 is 5.73 Å². The van der Waals surface area contributed by atoms with Crippen molar-refractivity contribution < 1.29 is 0 Å². The normalized spacial score (nSPS) is 23.4. The zero-order valence-corrected chi connectivity index (χ0v) is 9.98. The molecule has 0 saturated carbocycles. The molecule has 2 atom stereocenters. The van der Waals surface area contributed by atoms with E-state index in [4.69, 9.17) is 5.73 Å². The van der Waals surface area contributed by atoms with Gasteiger partial charge in [-0.15, -0.1) is 0 Å². The van der Waals surface area contributed by atoms with Crippen LogP contribution in [0.5, 0.6) is 0 Å². The minimum absolute atomic E-state index is 0.114. The Morgan fingerprint density at radius 1 is 1.41 bits per heavy atom. The fourth-order valence-corrected chi connectivity index (χ4v) is 2.75. The van der Waals surface area contributed by atoms with E-state index in [9.17, 15) is 0 Å². The molecular formula is C14H17N3. The first-order valence-corrected chi connectivity index (χ1v) is 6.08. The van der Waals surface area contributed by atoms with Crippen LogP contribution in [0.25, 0.3) is 0 Å². The summed E-state index contributed by atoms with van der Waals surface area (Å²) in [5.41, 5.74) is 11.3. The minimum Gasteiger partial charge on any atom is -0.324 e. The molecule has 3 heteroatoms. The Labute approximate surface area is 101 Å². The summed E-state index contributed by atoms with van der Waals surface area (Å²) >= 11 is 0. The molecule has 1 aliphatic rings. The van der Waals surface area contributed by atoms with E-state index in [1.165, 1.54) is 22.4 Å². The van der Waals surface area contributed by atoms with Gasteiger partial charge in [0.1, 0.15) is 0 Å². The Kier molecular flexibility index (Phi) is 2.48. The Morgan fingerprint density at radius 2 is 2.29 bits per heavy atom. The molecule has 3 rings (SSSR count). The molecule has 0 bridgehead atoms. The second kappa shape index (κ2) is 4.00. The van der Waals surface area contributed by atoms with Gasteiger partial charge in [-0.2, -0.15) is 5.10 Å². The van der Waals surface area contributed by atoms with E-state index in [0.717, 1.165) is 12.8 Å². The smallest absolute Gasteiger partial charge is 0.0537 e. The maximum atomic E-state index is 6.20. The van der Waals surface area contributed by atoms with Crippen LogP contribution >= 0.6 is 0 Å². The van der Waals surface area contributed by atoms with Crippen LogP contribution in [0, 0.1) is 6.92 Å². The van der Waals surface area contributed by atoms with Gasteiger partial charge in [0, 0.05) is 17.3 Å². The van der Waals surface area contributed by atoms with Gasteiger partial charge in [0.15, 0.2) is 0 Å². The number of fused-ring (bicyclic) bond motifs is 1. The summed E-state index contributed by atoms with van der Waals surface area (Å²) in [6, 6.07) is 8.83. The molecule has 1 aromatic carbocycles. The van der Waals surface area contributed by atoms with Crippen molar-refractivity contribution in [3.05, 3.63) is 52.8 Å². The Balaban J connectivity index is 1.93. The number of benzene rings is 1. The predicted octanol–water partition coefficient (Wildman–Crippen LogP) is 2.45. The zero-order chi connectivity index (χ0) is 11.8. The predicted molar refractivity (Wildman–Crippen MR) is 67.8 cm³/mol. The molecule has 88 valence electrons. The molecular weight excluding hydrogens is 210 g/mol. The molecule has 0 aliphatic heterocycles. The maximum absolute atomic E-state index is 6.20. The monoisotopic (exact) mass is 227 g/mol. The van der Waals surface area contributed by atoms with Crippen molar-refractivity contribution in [2.24, 2.45) is 5.73 Å². The molecule has 0 saturated heterocycles. The molecule has 1 heterocycles. The Hall–Kier alpha value is -1.61. The first-order valence-electron chi connectivity index (χ1n) is 6.08. The van der Waals surface area contributed by atoms with Gasteiger partial charge in [0.2, 0.25) is 0 Å². The third kappa shape index (κ3) is 1.87. The number of nitrogens with one attached hydrogen (secondary N) is 1. The van der Waals surface area contributed by atoms with Crippen LogP contribution in [0.3, 0.4) is 0 Å². The van der Waals surface area contributed by atoms with Crippen molar-refractivity contribution >= 4 is 0 Å². The topological polar surface area (TPSA) is 54.7 Å². The van der Waals surface area contributed by atoms with E-state index < -0.39 is 0 Å². The lowest BCUT2D eigenvalue weighted by atomic mass is 9.80. The van der Waals surface area contributed by atoms with Crippen molar-refractivity contribution in [3.8, 4) is 0 Å². The van der Waals surface area contributed by atoms with Crippen LogP contribution in [0.1, 0.15) is 40.8 Å². The van der Waals surface area contributed by atoms with E-state index in [0.29, 0.717) is 5.92 Å². The maximum Gasteiger partial charge on any atom is 0.0537 e. The van der Waals surface area contributed by atoms with E-state index in [1.54, 1.807) is 0 Å². The minimum atomic E-state index is 0.114. The van der Waals surface area contributed by atoms with Crippen molar-refractivity contribution in [2.45, 2.75) is 31.7 Å². The summed E-state index contributed by atoms with van der Waals surface area (Å²) in [5, 5.41) is 7.17. The quantitative estimate of drug-likeness (QED) is 0.786. The van der Waals surface area contributed by atoms with Crippen molar-refractivity contribution in [3.63, 3.8) is 0 Å². The fourth-order valence-electron chi connectivity index (χ4n) is 2.75. The first-order chi connectivity index (χ1) is 8.24. The molecule has 1 aromatic heterocycles. The zero-order valence-electron chi connectivity index (χ0n) is 9.98. The highest BCUT2D eigenvalue weighted by Crippen LogP contribution is 2.36. The van der Waals surface area contributed by atoms with Crippen LogP contribution in [-0.2, 0) is 6.42 Å². The Bertz CT molecular complexity index is 530. The number of aryl methyl sites for hydroxylation is 1. The van der Waals surface area contributed by atoms with Crippen LogP contribution in [0.4, 0.5) is 0 Å². The lowest BCUT2D eigenvalue weighted by molar-refractivity contribution is 0.499. The van der Waals surface area contributed by atoms with Gasteiger partial charge in [-0.25, -0.2) is 0 Å². The molecule has 0 spiro atoms. The largest absolute Gasteiger partial charge is 0.324 e. The summed E-state index contributed by atoms with van der Waals surface area (Å²) < 4.78 is 0. The summed E-state index contributed by atoms with van der Waals surface area (Å²) in [6.07, 6.45) is 3.90. The number of H-pyrrole nitrogens is 1. The molecule has 0 radical (unpaired) electrons. The van der Waals surface area contributed by atoms with Crippen LogP contribution in [0.15, 0.2) is 30.5 Å². The molecule has 0 fully saturated rings. The SMILES string of the molecule is Cc1cccc(C2Cc3[nH]ncc3C(N)C2)c1. The van der Waals surface area contributed by atoms with Gasteiger partial charge in [-0.1, -0.05) is 29.8 Å². The number of rotatable bonds is 1. The van der Waals surface area contributed by atoms with Gasteiger partial charge in [0.25, 0.3) is 0 Å². The van der Waals surface area contributed by atoms with Gasteiger partial charge >= 0.3 is 0 Å². The molecule has 2 aromatic rings. The number of aromatic nitrogens is 2. The highest BCUT2D eigenvalue weighted by atomic mass is 15.1. The molecule has 17 heavy (non-hydrogen) atoms. The standard InChI is InChI=1S/C14H17N3/c1-9-3-2-4-10(5-9)11-6-13(15)12-8-16-17-14(12)7-11/h2-5,8,11,13H,6-7,15H2,1H3,(H,16,17). The lowest BCUT2D eigenvalue weighted by Gasteiger charge is -2.27. The third-order valence-electron chi connectivity index (χ3n) is 3.65. The van der Waals surface area contributed by atoms with E-state index in [2.05, 4.69) is 41.4 Å². The lowest BCUT2D eigenvalue weighted by Crippen LogP contribution is -2.22. The van der Waals surface area contributed by atoms with Gasteiger partial charge in [-0.05, 0) is 31.2 Å². The number of nitrogens with zero attached hydrogens (tertiary/aromatic N) is 1. The third-order valence-corrected chi connectivity index (χ3v) is 3.65. The molecule has 3 N–H and O–H groups in total. The fraction of sp³-hybridized carbons (Fsp3) is 0.357. The van der Waals surface area contributed by atoms with Gasteiger partial charge in [-0.3, -0.25) is 5.10 Å². The average molecular weight is 227 g/mol. The summed E-state index contributed by atoms with van der Waals surface area (Å²) in [4.78, 5) is 0. The molecule has 3 nitrogen and oxygen atoms in total. The second-order valence-corrected chi connectivity index (χ2v) is 4.96. The molecule has 2 unspecified atom stereocenters. The molecule has 1 aliphatic carbocycles. The first kappa shape index (κ1) is 10.5. The number of hydrogen-bond acceptors (Lipinski definition) is 2. The van der Waals surface area contributed by atoms with Crippen molar-refractivity contribution in [2.75, 3.05) is 0 Å². The second-order valence-electron chi connectivity index (χ2n) is 4.96. The van der Waals surface area contributed by atoms with Crippen molar-refractivity contribution in [1.29, 1.82) is 0 Å². The summed E-state index contributed by atoms with van der Waals surface area (Å²) in [6.45, 7) is 2.13. The summed E-state index contributed by atoms with van der Waals surface area (Å²) in [5.74, 6) is 0.512. The van der Waals surface area contributed by atoms with Crippen LogP contribution in [-0.4, -0.2) is 10.2 Å². The number of nitrogens with two attached hydrogens (primary N) is 1. The van der Waals surface area contributed by atoms with Gasteiger partial charge < -0.3 is 5.73 Å². The van der Waals surface area contributed by atoms with Gasteiger partial charge in [0.05, 0.1) is 6.20 Å². The Morgan fingerprint density at radius 3 is 3.12 bits per heavy atom. The highest BCUT2D eigenvalue weighted by Gasteiger charge is 2.26. The average Bonchev–Trinajstić information content (AvgIpc) is 2.77. The van der Waals surface area contributed by atoms with Crippen LogP contribution in [0.2, 0.25) is 0 Å². The van der Waals surface area contributed by atoms with Crippen molar-refractivity contribution in [1.82, 2.24) is 10.2 Å². The number of hydrogen-bond donors (Lipinski definition) is 2. The van der Waals surface area contributed by atoms with E-state index in [1.807, 2.05) is 6.20 Å². The van der Waals surface area contributed by atoms with E-state index >= 15 is 0 Å². The summed E-state index contributed by atoms with van der Waals surface area (Å²) in [7, 11) is 0.